The van der Waals surface area contributed by atoms with Crippen LogP contribution in [-0.2, 0) is 22.6 Å². The number of carbonyl (C=O) groups is 2. The Morgan fingerprint density at radius 3 is 2.52 bits per heavy atom. The van der Waals surface area contributed by atoms with Crippen LogP contribution in [0, 0.1) is 0 Å². The molecule has 0 saturated heterocycles. The van der Waals surface area contributed by atoms with Crippen molar-refractivity contribution >= 4 is 11.8 Å². The van der Waals surface area contributed by atoms with Crippen LogP contribution < -0.4 is 5.32 Å². The molecule has 3 rings (SSSR count). The zero-order valence-electron chi connectivity index (χ0n) is 12.3. The highest BCUT2D eigenvalue weighted by molar-refractivity contribution is 6.35. The summed E-state index contributed by atoms with van der Waals surface area (Å²) in [6, 6.07) is 8.32. The molecule has 1 aromatic carbocycles. The first kappa shape index (κ1) is 14.1. The van der Waals surface area contributed by atoms with E-state index in [9.17, 15) is 9.59 Å². The zero-order chi connectivity index (χ0) is 14.7. The van der Waals surface area contributed by atoms with Gasteiger partial charge in [0.25, 0.3) is 0 Å². The number of fused-ring (bicyclic) bond motifs is 1. The zero-order valence-corrected chi connectivity index (χ0v) is 12.3. The monoisotopic (exact) mass is 286 g/mol. The molecule has 4 nitrogen and oxygen atoms in total. The topological polar surface area (TPSA) is 49.4 Å². The smallest absolute Gasteiger partial charge is 0.312 e. The SMILES string of the molecule is O=C(NC1CCCCC1)C(=O)N1CCc2ccccc2C1. The Labute approximate surface area is 125 Å². The van der Waals surface area contributed by atoms with Gasteiger partial charge in [0.2, 0.25) is 0 Å². The van der Waals surface area contributed by atoms with Crippen molar-refractivity contribution in [1.82, 2.24) is 10.2 Å². The molecule has 21 heavy (non-hydrogen) atoms. The van der Waals surface area contributed by atoms with Crippen molar-refractivity contribution in [3.05, 3.63) is 35.4 Å². The molecule has 4 heteroatoms. The molecule has 2 aliphatic rings. The molecule has 1 aromatic rings. The number of hydrogen-bond donors (Lipinski definition) is 1. The second-order valence-corrected chi connectivity index (χ2v) is 6.05. The van der Waals surface area contributed by atoms with Gasteiger partial charge in [0, 0.05) is 19.1 Å². The first-order valence-corrected chi connectivity index (χ1v) is 7.90. The fraction of sp³-hybridized carbons (Fsp3) is 0.529. The summed E-state index contributed by atoms with van der Waals surface area (Å²) in [5, 5.41) is 2.91. The number of nitrogens with zero attached hydrogens (tertiary/aromatic N) is 1. The maximum atomic E-state index is 12.3. The molecule has 0 spiro atoms. The van der Waals surface area contributed by atoms with Crippen LogP contribution in [0.3, 0.4) is 0 Å². The molecule has 2 amide bonds. The Hall–Kier alpha value is -1.84. The van der Waals surface area contributed by atoms with Gasteiger partial charge in [0.15, 0.2) is 0 Å². The van der Waals surface area contributed by atoms with Crippen molar-refractivity contribution in [3.8, 4) is 0 Å². The third kappa shape index (κ3) is 3.26. The molecule has 0 aromatic heterocycles. The molecule has 0 radical (unpaired) electrons. The van der Waals surface area contributed by atoms with E-state index in [2.05, 4.69) is 11.4 Å². The van der Waals surface area contributed by atoms with E-state index in [1.54, 1.807) is 4.90 Å². The lowest BCUT2D eigenvalue weighted by atomic mass is 9.95. The van der Waals surface area contributed by atoms with Gasteiger partial charge in [-0.2, -0.15) is 0 Å². The lowest BCUT2D eigenvalue weighted by Crippen LogP contribution is -2.48. The quantitative estimate of drug-likeness (QED) is 0.803. The third-order valence-electron chi connectivity index (χ3n) is 4.55. The fourth-order valence-corrected chi connectivity index (χ4v) is 3.31. The van der Waals surface area contributed by atoms with Crippen molar-refractivity contribution < 1.29 is 9.59 Å². The predicted molar refractivity (Wildman–Crippen MR) is 80.6 cm³/mol. The fourth-order valence-electron chi connectivity index (χ4n) is 3.31. The van der Waals surface area contributed by atoms with E-state index in [-0.39, 0.29) is 11.9 Å². The highest BCUT2D eigenvalue weighted by atomic mass is 16.2. The molecule has 1 saturated carbocycles. The molecular weight excluding hydrogens is 264 g/mol. The molecule has 1 aliphatic carbocycles. The van der Waals surface area contributed by atoms with Crippen LogP contribution in [-0.4, -0.2) is 29.3 Å². The maximum absolute atomic E-state index is 12.3. The van der Waals surface area contributed by atoms with Gasteiger partial charge in [-0.1, -0.05) is 43.5 Å². The molecule has 0 unspecified atom stereocenters. The van der Waals surface area contributed by atoms with Crippen LogP contribution in [0.4, 0.5) is 0 Å². The highest BCUT2D eigenvalue weighted by Gasteiger charge is 2.27. The minimum Gasteiger partial charge on any atom is -0.345 e. The number of amides is 2. The van der Waals surface area contributed by atoms with Crippen LogP contribution in [0.2, 0.25) is 0 Å². The van der Waals surface area contributed by atoms with Crippen LogP contribution in [0.1, 0.15) is 43.2 Å². The van der Waals surface area contributed by atoms with Crippen molar-refractivity contribution in [2.24, 2.45) is 0 Å². The van der Waals surface area contributed by atoms with E-state index in [0.29, 0.717) is 13.1 Å². The summed E-state index contributed by atoms with van der Waals surface area (Å²) in [6.45, 7) is 1.18. The molecule has 0 bridgehead atoms. The van der Waals surface area contributed by atoms with Crippen LogP contribution in [0.25, 0.3) is 0 Å². The Balaban J connectivity index is 1.59. The van der Waals surface area contributed by atoms with E-state index in [1.807, 2.05) is 18.2 Å². The Kier molecular flexibility index (Phi) is 4.23. The molecule has 0 atom stereocenters. The average Bonchev–Trinajstić information content (AvgIpc) is 2.54. The van der Waals surface area contributed by atoms with E-state index in [0.717, 1.165) is 37.7 Å². The van der Waals surface area contributed by atoms with Crippen molar-refractivity contribution in [2.75, 3.05) is 6.54 Å². The van der Waals surface area contributed by atoms with Crippen LogP contribution >= 0.6 is 0 Å². The Morgan fingerprint density at radius 1 is 1.05 bits per heavy atom. The molecule has 1 fully saturated rings. The normalized spacial score (nSPS) is 19.0. The molecular formula is C17H22N2O2. The largest absolute Gasteiger partial charge is 0.345 e. The lowest BCUT2D eigenvalue weighted by Gasteiger charge is -2.29. The number of nitrogens with one attached hydrogen (secondary N) is 1. The van der Waals surface area contributed by atoms with Gasteiger partial charge in [0.1, 0.15) is 0 Å². The number of rotatable bonds is 1. The van der Waals surface area contributed by atoms with E-state index in [1.165, 1.54) is 12.0 Å². The average molecular weight is 286 g/mol. The van der Waals surface area contributed by atoms with E-state index >= 15 is 0 Å². The minimum atomic E-state index is -0.429. The van der Waals surface area contributed by atoms with Crippen molar-refractivity contribution in [1.29, 1.82) is 0 Å². The number of carbonyl (C=O) groups excluding carboxylic acids is 2. The van der Waals surface area contributed by atoms with Gasteiger partial charge in [-0.3, -0.25) is 9.59 Å². The second-order valence-electron chi connectivity index (χ2n) is 6.05. The van der Waals surface area contributed by atoms with E-state index in [4.69, 9.17) is 0 Å². The van der Waals surface area contributed by atoms with Gasteiger partial charge in [-0.25, -0.2) is 0 Å². The summed E-state index contributed by atoms with van der Waals surface area (Å²) in [7, 11) is 0. The first-order chi connectivity index (χ1) is 10.2. The number of benzene rings is 1. The molecule has 1 N–H and O–H groups in total. The predicted octanol–water partition coefficient (Wildman–Crippen LogP) is 2.02. The van der Waals surface area contributed by atoms with Gasteiger partial charge in [0.05, 0.1) is 0 Å². The summed E-state index contributed by atoms with van der Waals surface area (Å²) < 4.78 is 0. The highest BCUT2D eigenvalue weighted by Crippen LogP contribution is 2.19. The van der Waals surface area contributed by atoms with Crippen molar-refractivity contribution in [2.45, 2.75) is 51.1 Å². The van der Waals surface area contributed by atoms with Gasteiger partial charge in [-0.05, 0) is 30.4 Å². The summed E-state index contributed by atoms with van der Waals surface area (Å²) in [6.07, 6.45) is 6.37. The lowest BCUT2D eigenvalue weighted by molar-refractivity contribution is -0.147. The molecule has 1 heterocycles. The Morgan fingerprint density at radius 2 is 1.76 bits per heavy atom. The van der Waals surface area contributed by atoms with Gasteiger partial charge >= 0.3 is 11.8 Å². The first-order valence-electron chi connectivity index (χ1n) is 7.90. The van der Waals surface area contributed by atoms with E-state index < -0.39 is 5.91 Å². The van der Waals surface area contributed by atoms with Crippen LogP contribution in [0.15, 0.2) is 24.3 Å². The second kappa shape index (κ2) is 6.29. The summed E-state index contributed by atoms with van der Waals surface area (Å²) in [5.41, 5.74) is 2.44. The van der Waals surface area contributed by atoms with Crippen LogP contribution in [0.5, 0.6) is 0 Å². The Bertz CT molecular complexity index is 535. The third-order valence-corrected chi connectivity index (χ3v) is 4.55. The van der Waals surface area contributed by atoms with Crippen molar-refractivity contribution in [3.63, 3.8) is 0 Å². The summed E-state index contributed by atoms with van der Waals surface area (Å²) in [5.74, 6) is -0.809. The summed E-state index contributed by atoms with van der Waals surface area (Å²) in [4.78, 5) is 26.1. The maximum Gasteiger partial charge on any atom is 0.312 e. The van der Waals surface area contributed by atoms with Gasteiger partial charge in [-0.15, -0.1) is 0 Å². The number of hydrogen-bond acceptors (Lipinski definition) is 2. The molecule has 112 valence electrons. The standard InChI is InChI=1S/C17H22N2O2/c20-16(18-15-8-2-1-3-9-15)17(21)19-11-10-13-6-4-5-7-14(13)12-19/h4-7,15H,1-3,8-12H2,(H,18,20). The summed E-state index contributed by atoms with van der Waals surface area (Å²) >= 11 is 0. The minimum absolute atomic E-state index is 0.187. The van der Waals surface area contributed by atoms with Gasteiger partial charge < -0.3 is 10.2 Å². The molecule has 1 aliphatic heterocycles.